The Morgan fingerprint density at radius 3 is 3.16 bits per heavy atom. The maximum Gasteiger partial charge on any atom is 0.324 e. The lowest BCUT2D eigenvalue weighted by molar-refractivity contribution is 0.328. The minimum Gasteiger partial charge on any atom is -0.497 e. The predicted molar refractivity (Wildman–Crippen MR) is 91.2 cm³/mol. The normalized spacial score (nSPS) is 17.6. The zero-order valence-corrected chi connectivity index (χ0v) is 14.1. The van der Waals surface area contributed by atoms with Crippen LogP contribution in [0.5, 0.6) is 5.75 Å². The van der Waals surface area contributed by atoms with Crippen LogP contribution in [0.2, 0.25) is 0 Å². The fraction of sp³-hybridized carbons (Fsp3) is 0.412. The second kappa shape index (κ2) is 6.92. The highest BCUT2D eigenvalue weighted by Gasteiger charge is 2.24. The minimum atomic E-state index is 0.489. The third kappa shape index (κ3) is 3.47. The summed E-state index contributed by atoms with van der Waals surface area (Å²) in [4.78, 5) is 10.7. The van der Waals surface area contributed by atoms with Gasteiger partial charge < -0.3 is 14.2 Å². The van der Waals surface area contributed by atoms with Crippen molar-refractivity contribution in [3.63, 3.8) is 0 Å². The summed E-state index contributed by atoms with van der Waals surface area (Å²) in [5.74, 6) is 1.84. The van der Waals surface area contributed by atoms with Crippen LogP contribution in [0.3, 0.4) is 0 Å². The third-order valence-electron chi connectivity index (χ3n) is 4.44. The van der Waals surface area contributed by atoms with Crippen LogP contribution in [-0.4, -0.2) is 45.1 Å². The van der Waals surface area contributed by atoms with Gasteiger partial charge in [0.25, 0.3) is 0 Å². The zero-order valence-electron chi connectivity index (χ0n) is 14.1. The Morgan fingerprint density at radius 1 is 1.36 bits per heavy atom. The summed E-state index contributed by atoms with van der Waals surface area (Å²) in [5.41, 5.74) is 0.880. The Bertz CT molecular complexity index is 816. The van der Waals surface area contributed by atoms with E-state index in [-0.39, 0.29) is 0 Å². The maximum atomic E-state index is 5.50. The Morgan fingerprint density at radius 2 is 2.32 bits per heavy atom. The van der Waals surface area contributed by atoms with Gasteiger partial charge in [0.15, 0.2) is 0 Å². The zero-order chi connectivity index (χ0) is 17.1. The molecule has 4 rings (SSSR count). The number of hydrogen-bond donors (Lipinski definition) is 0. The molecule has 1 unspecified atom stereocenters. The van der Waals surface area contributed by atoms with Crippen LogP contribution in [0.1, 0.15) is 12.8 Å². The highest BCUT2D eigenvalue weighted by molar-refractivity contribution is 5.58. The average Bonchev–Trinajstić information content (AvgIpc) is 3.34. The van der Waals surface area contributed by atoms with Gasteiger partial charge in [0.1, 0.15) is 18.4 Å². The van der Waals surface area contributed by atoms with Crippen LogP contribution in [0.25, 0.3) is 11.4 Å². The van der Waals surface area contributed by atoms with Crippen molar-refractivity contribution in [1.82, 2.24) is 24.9 Å². The number of hydrogen-bond acceptors (Lipinski definition) is 7. The van der Waals surface area contributed by atoms with Crippen LogP contribution in [0.15, 0.2) is 41.4 Å². The quantitative estimate of drug-likeness (QED) is 0.704. The molecule has 8 nitrogen and oxygen atoms in total. The van der Waals surface area contributed by atoms with E-state index in [4.69, 9.17) is 9.26 Å². The molecular formula is C17H20N6O2. The van der Waals surface area contributed by atoms with Crippen LogP contribution in [0.4, 0.5) is 6.01 Å². The van der Waals surface area contributed by atoms with E-state index in [0.717, 1.165) is 43.8 Å². The number of benzene rings is 1. The van der Waals surface area contributed by atoms with Crippen LogP contribution >= 0.6 is 0 Å². The molecule has 1 atom stereocenters. The first kappa shape index (κ1) is 15.6. The van der Waals surface area contributed by atoms with E-state index >= 15 is 0 Å². The number of piperidine rings is 1. The van der Waals surface area contributed by atoms with Gasteiger partial charge >= 0.3 is 6.01 Å². The van der Waals surface area contributed by atoms with Crippen LogP contribution in [0, 0.1) is 5.92 Å². The standard InChI is InChI=1S/C17H20N6O2/c1-24-15-6-2-5-14(8-15)16-20-17(25-21-16)22-7-3-4-13(9-22)10-23-12-18-11-19-23/h2,5-6,8,11-13H,3-4,7,9-10H2,1H3. The van der Waals surface area contributed by atoms with Gasteiger partial charge in [-0.1, -0.05) is 17.3 Å². The fourth-order valence-electron chi connectivity index (χ4n) is 3.20. The van der Waals surface area contributed by atoms with Crippen molar-refractivity contribution in [1.29, 1.82) is 0 Å². The summed E-state index contributed by atoms with van der Waals surface area (Å²) in [6, 6.07) is 8.23. The molecule has 1 aliphatic heterocycles. The summed E-state index contributed by atoms with van der Waals surface area (Å²) < 4.78 is 12.6. The van der Waals surface area contributed by atoms with Gasteiger partial charge in [-0.3, -0.25) is 4.68 Å². The van der Waals surface area contributed by atoms with Crippen molar-refractivity contribution >= 4 is 6.01 Å². The van der Waals surface area contributed by atoms with E-state index in [9.17, 15) is 0 Å². The van der Waals surface area contributed by atoms with Crippen molar-refractivity contribution in [3.8, 4) is 17.1 Å². The van der Waals surface area contributed by atoms with Gasteiger partial charge in [-0.15, -0.1) is 0 Å². The molecule has 0 spiro atoms. The second-order valence-electron chi connectivity index (χ2n) is 6.20. The number of methoxy groups -OCH3 is 1. The lowest BCUT2D eigenvalue weighted by Gasteiger charge is -2.30. The molecule has 3 aromatic rings. The van der Waals surface area contributed by atoms with Gasteiger partial charge in [-0.2, -0.15) is 10.1 Å². The monoisotopic (exact) mass is 340 g/mol. The molecule has 0 bridgehead atoms. The Balaban J connectivity index is 1.47. The fourth-order valence-corrected chi connectivity index (χ4v) is 3.20. The minimum absolute atomic E-state index is 0.489. The van der Waals surface area contributed by atoms with E-state index in [1.54, 1.807) is 19.8 Å². The Hall–Kier alpha value is -2.90. The lowest BCUT2D eigenvalue weighted by Crippen LogP contribution is -2.37. The number of rotatable bonds is 5. The topological polar surface area (TPSA) is 82.1 Å². The second-order valence-corrected chi connectivity index (χ2v) is 6.20. The van der Waals surface area contributed by atoms with E-state index in [2.05, 4.69) is 25.1 Å². The summed E-state index contributed by atoms with van der Waals surface area (Å²) >= 11 is 0. The van der Waals surface area contributed by atoms with Gasteiger partial charge in [-0.05, 0) is 30.9 Å². The van der Waals surface area contributed by atoms with Crippen molar-refractivity contribution in [2.24, 2.45) is 5.92 Å². The SMILES string of the molecule is COc1cccc(-c2noc(N3CCCC(Cn4cncn4)C3)n2)c1. The lowest BCUT2D eigenvalue weighted by atomic mass is 9.98. The van der Waals surface area contributed by atoms with Gasteiger partial charge in [0.05, 0.1) is 7.11 Å². The predicted octanol–water partition coefficient (Wildman–Crippen LogP) is 2.25. The Kier molecular flexibility index (Phi) is 4.32. The molecule has 8 heteroatoms. The molecule has 25 heavy (non-hydrogen) atoms. The molecule has 0 N–H and O–H groups in total. The molecule has 1 aliphatic rings. The summed E-state index contributed by atoms with van der Waals surface area (Å²) in [6.45, 7) is 2.65. The third-order valence-corrected chi connectivity index (χ3v) is 4.44. The van der Waals surface area contributed by atoms with E-state index in [0.29, 0.717) is 17.8 Å². The number of ether oxygens (including phenoxy) is 1. The van der Waals surface area contributed by atoms with Crippen molar-refractivity contribution in [3.05, 3.63) is 36.9 Å². The van der Waals surface area contributed by atoms with E-state index in [1.165, 1.54) is 0 Å². The molecular weight excluding hydrogens is 320 g/mol. The summed E-state index contributed by atoms with van der Waals surface area (Å²) in [5, 5.41) is 8.32. The number of aromatic nitrogens is 5. The molecule has 1 aromatic carbocycles. The van der Waals surface area contributed by atoms with E-state index < -0.39 is 0 Å². The molecule has 0 amide bonds. The molecule has 0 radical (unpaired) electrons. The van der Waals surface area contributed by atoms with Crippen LogP contribution in [-0.2, 0) is 6.54 Å². The molecule has 0 saturated carbocycles. The van der Waals surface area contributed by atoms with Crippen molar-refractivity contribution < 1.29 is 9.26 Å². The number of nitrogens with zero attached hydrogens (tertiary/aromatic N) is 6. The average molecular weight is 340 g/mol. The summed E-state index contributed by atoms with van der Waals surface area (Å²) in [6.07, 6.45) is 5.58. The van der Waals surface area contributed by atoms with Crippen molar-refractivity contribution in [2.75, 3.05) is 25.1 Å². The first-order valence-corrected chi connectivity index (χ1v) is 8.37. The smallest absolute Gasteiger partial charge is 0.324 e. The highest BCUT2D eigenvalue weighted by Crippen LogP contribution is 2.26. The molecule has 2 aromatic heterocycles. The van der Waals surface area contributed by atoms with Crippen LogP contribution < -0.4 is 9.64 Å². The molecule has 0 aliphatic carbocycles. The number of anilines is 1. The molecule has 1 saturated heterocycles. The highest BCUT2D eigenvalue weighted by atomic mass is 16.5. The first-order chi connectivity index (χ1) is 12.3. The van der Waals surface area contributed by atoms with Gasteiger partial charge in [0, 0.05) is 25.2 Å². The maximum absolute atomic E-state index is 5.50. The van der Waals surface area contributed by atoms with E-state index in [1.807, 2.05) is 28.9 Å². The molecule has 3 heterocycles. The first-order valence-electron chi connectivity index (χ1n) is 8.37. The van der Waals surface area contributed by atoms with Gasteiger partial charge in [-0.25, -0.2) is 4.98 Å². The molecule has 1 fully saturated rings. The largest absolute Gasteiger partial charge is 0.497 e. The van der Waals surface area contributed by atoms with Crippen molar-refractivity contribution in [2.45, 2.75) is 19.4 Å². The summed E-state index contributed by atoms with van der Waals surface area (Å²) in [7, 11) is 1.64. The molecule has 130 valence electrons. The van der Waals surface area contributed by atoms with Gasteiger partial charge in [0.2, 0.25) is 5.82 Å². The Labute approximate surface area is 145 Å².